The van der Waals surface area contributed by atoms with Gasteiger partial charge in [-0.2, -0.15) is 0 Å². The highest BCUT2D eigenvalue weighted by atomic mass is 16.7. The Morgan fingerprint density at radius 3 is 2.20 bits per heavy atom. The predicted molar refractivity (Wildman–Crippen MR) is 97.5 cm³/mol. The molecule has 0 spiro atoms. The Bertz CT molecular complexity index is 623. The maximum absolute atomic E-state index is 12.7. The number of allylic oxidation sites excluding steroid dienone is 2. The second-order valence-electron chi connectivity index (χ2n) is 7.81. The normalized spacial score (nSPS) is 27.5. The van der Waals surface area contributed by atoms with E-state index in [9.17, 15) is 9.59 Å². The minimum absolute atomic E-state index is 0.113. The number of nitrogens with one attached hydrogen (secondary N) is 1. The predicted octanol–water partition coefficient (Wildman–Crippen LogP) is 1.89. The van der Waals surface area contributed by atoms with Crippen LogP contribution < -0.4 is 11.1 Å². The van der Waals surface area contributed by atoms with Crippen molar-refractivity contribution in [2.75, 3.05) is 6.54 Å². The highest BCUT2D eigenvalue weighted by Gasteiger charge is 2.53. The summed E-state index contributed by atoms with van der Waals surface area (Å²) >= 11 is 0. The number of primary amides is 1. The fourth-order valence-electron chi connectivity index (χ4n) is 3.15. The lowest BCUT2D eigenvalue weighted by molar-refractivity contribution is -0.128. The molecule has 1 unspecified atom stereocenters. The summed E-state index contributed by atoms with van der Waals surface area (Å²) in [5.41, 5.74) is 4.80. The van der Waals surface area contributed by atoms with Crippen molar-refractivity contribution in [2.45, 2.75) is 65.6 Å². The summed E-state index contributed by atoms with van der Waals surface area (Å²) in [5.74, 6) is -0.636. The van der Waals surface area contributed by atoms with Crippen molar-refractivity contribution >= 4 is 18.9 Å². The van der Waals surface area contributed by atoms with Crippen molar-refractivity contribution < 1.29 is 18.9 Å². The number of carbonyl (C=O) groups excluding carboxylic acids is 2. The zero-order valence-corrected chi connectivity index (χ0v) is 16.1. The van der Waals surface area contributed by atoms with Crippen molar-refractivity contribution in [3.63, 3.8) is 0 Å². The van der Waals surface area contributed by atoms with Crippen LogP contribution in [-0.4, -0.2) is 36.7 Å². The van der Waals surface area contributed by atoms with Gasteiger partial charge in [-0.15, -0.1) is 0 Å². The zero-order chi connectivity index (χ0) is 19.0. The van der Waals surface area contributed by atoms with E-state index in [-0.39, 0.29) is 12.3 Å². The van der Waals surface area contributed by atoms with Gasteiger partial charge in [0.05, 0.1) is 16.6 Å². The quantitative estimate of drug-likeness (QED) is 0.743. The fourth-order valence-corrected chi connectivity index (χ4v) is 3.15. The molecule has 3 N–H and O–H groups in total. The van der Waals surface area contributed by atoms with Crippen LogP contribution in [0, 0.1) is 5.41 Å². The molecule has 7 heteroatoms. The first-order valence-electron chi connectivity index (χ1n) is 8.85. The summed E-state index contributed by atoms with van der Waals surface area (Å²) < 4.78 is 12.2. The van der Waals surface area contributed by atoms with E-state index in [0.29, 0.717) is 24.0 Å². The lowest BCUT2D eigenvalue weighted by Crippen LogP contribution is -2.43. The monoisotopic (exact) mass is 348 g/mol. The van der Waals surface area contributed by atoms with Crippen LogP contribution in [0.1, 0.15) is 54.4 Å². The first-order valence-corrected chi connectivity index (χ1v) is 8.85. The molecule has 1 fully saturated rings. The van der Waals surface area contributed by atoms with Crippen LogP contribution in [-0.2, 0) is 18.9 Å². The molecule has 1 atom stereocenters. The second kappa shape index (κ2) is 6.61. The SMILES string of the molecule is CCNC(=O)C1(CC)C=C(B2OC(C)(C)C(C)(C)O2)C=C(C(N)=O)C1. The van der Waals surface area contributed by atoms with Crippen molar-refractivity contribution in [2.24, 2.45) is 11.1 Å². The molecule has 2 amide bonds. The van der Waals surface area contributed by atoms with Crippen molar-refractivity contribution in [1.82, 2.24) is 5.32 Å². The second-order valence-corrected chi connectivity index (χ2v) is 7.81. The number of rotatable bonds is 5. The lowest BCUT2D eigenvalue weighted by atomic mass is 9.65. The minimum Gasteiger partial charge on any atom is -0.399 e. The summed E-state index contributed by atoms with van der Waals surface area (Å²) in [6, 6.07) is 0. The molecule has 2 aliphatic rings. The fraction of sp³-hybridized carbons (Fsp3) is 0.667. The smallest absolute Gasteiger partial charge is 0.399 e. The first-order chi connectivity index (χ1) is 11.5. The Kier molecular flexibility index (Phi) is 5.22. The third kappa shape index (κ3) is 3.53. The molecule has 1 saturated heterocycles. The Morgan fingerprint density at radius 2 is 1.76 bits per heavy atom. The topological polar surface area (TPSA) is 90.7 Å². The van der Waals surface area contributed by atoms with E-state index in [1.54, 1.807) is 6.08 Å². The van der Waals surface area contributed by atoms with E-state index >= 15 is 0 Å². The Labute approximate surface area is 150 Å². The number of amides is 2. The van der Waals surface area contributed by atoms with Crippen LogP contribution in [0.4, 0.5) is 0 Å². The van der Waals surface area contributed by atoms with Crippen molar-refractivity contribution in [3.05, 3.63) is 23.2 Å². The molecule has 0 aromatic carbocycles. The molecule has 138 valence electrons. The molecule has 1 aliphatic carbocycles. The maximum atomic E-state index is 12.7. The van der Waals surface area contributed by atoms with Gasteiger partial charge in [-0.25, -0.2) is 0 Å². The van der Waals surface area contributed by atoms with Gasteiger partial charge in [0.1, 0.15) is 0 Å². The lowest BCUT2D eigenvalue weighted by Gasteiger charge is -2.33. The van der Waals surface area contributed by atoms with E-state index < -0.39 is 29.6 Å². The summed E-state index contributed by atoms with van der Waals surface area (Å²) in [7, 11) is -0.639. The molecule has 0 radical (unpaired) electrons. The number of carbonyl (C=O) groups is 2. The Morgan fingerprint density at radius 1 is 1.20 bits per heavy atom. The Balaban J connectivity index is 2.46. The maximum Gasteiger partial charge on any atom is 0.494 e. The van der Waals surface area contributed by atoms with Gasteiger partial charge < -0.3 is 20.4 Å². The number of nitrogens with two attached hydrogens (primary N) is 1. The van der Waals surface area contributed by atoms with E-state index in [4.69, 9.17) is 15.0 Å². The molecule has 1 aliphatic heterocycles. The van der Waals surface area contributed by atoms with Gasteiger partial charge in [-0.3, -0.25) is 9.59 Å². The largest absolute Gasteiger partial charge is 0.494 e. The standard InChI is InChI=1S/C18H29BN2O4/c1-7-18(15(23)21-8-2)10-12(14(20)22)9-13(11-18)19-24-16(3,4)17(5,6)25-19/h9,11H,7-8,10H2,1-6H3,(H2,20,22)(H,21,23). The van der Waals surface area contributed by atoms with Crippen molar-refractivity contribution in [3.8, 4) is 0 Å². The van der Waals surface area contributed by atoms with Crippen LogP contribution >= 0.6 is 0 Å². The average molecular weight is 348 g/mol. The van der Waals surface area contributed by atoms with E-state index in [2.05, 4.69) is 5.32 Å². The molecule has 25 heavy (non-hydrogen) atoms. The van der Waals surface area contributed by atoms with Gasteiger partial charge >= 0.3 is 7.12 Å². The van der Waals surface area contributed by atoms with Gasteiger partial charge in [-0.05, 0) is 52.9 Å². The molecule has 1 heterocycles. The van der Waals surface area contributed by atoms with Gasteiger partial charge in [-0.1, -0.05) is 19.1 Å². The van der Waals surface area contributed by atoms with Gasteiger partial charge in [0, 0.05) is 12.1 Å². The highest BCUT2D eigenvalue weighted by molar-refractivity contribution is 6.56. The molecule has 6 nitrogen and oxygen atoms in total. The van der Waals surface area contributed by atoms with Crippen LogP contribution in [0.3, 0.4) is 0 Å². The molecule has 2 rings (SSSR count). The van der Waals surface area contributed by atoms with Crippen LogP contribution in [0.25, 0.3) is 0 Å². The third-order valence-corrected chi connectivity index (χ3v) is 5.55. The Hall–Kier alpha value is -1.60. The summed E-state index contributed by atoms with van der Waals surface area (Å²) in [5, 5.41) is 2.87. The molecule has 0 aromatic rings. The summed E-state index contributed by atoms with van der Waals surface area (Å²) in [6.45, 7) is 12.2. The summed E-state index contributed by atoms with van der Waals surface area (Å²) in [6.07, 6.45) is 4.42. The van der Waals surface area contributed by atoms with Gasteiger partial charge in [0.25, 0.3) is 0 Å². The molecule has 0 aromatic heterocycles. The number of hydrogen-bond donors (Lipinski definition) is 2. The zero-order valence-electron chi connectivity index (χ0n) is 16.1. The molecular weight excluding hydrogens is 319 g/mol. The van der Waals surface area contributed by atoms with Crippen LogP contribution in [0.2, 0.25) is 0 Å². The van der Waals surface area contributed by atoms with E-state index in [1.807, 2.05) is 47.6 Å². The molecular formula is C18H29BN2O4. The average Bonchev–Trinajstić information content (AvgIpc) is 2.75. The molecule has 0 saturated carbocycles. The van der Waals surface area contributed by atoms with Crippen LogP contribution in [0.5, 0.6) is 0 Å². The van der Waals surface area contributed by atoms with Gasteiger partial charge in [0.2, 0.25) is 11.8 Å². The highest BCUT2D eigenvalue weighted by Crippen LogP contribution is 2.43. The first kappa shape index (κ1) is 19.7. The molecule has 0 bridgehead atoms. The third-order valence-electron chi connectivity index (χ3n) is 5.55. The summed E-state index contributed by atoms with van der Waals surface area (Å²) in [4.78, 5) is 24.6. The number of hydrogen-bond acceptors (Lipinski definition) is 4. The van der Waals surface area contributed by atoms with E-state index in [0.717, 1.165) is 0 Å². The van der Waals surface area contributed by atoms with E-state index in [1.165, 1.54) is 0 Å². The van der Waals surface area contributed by atoms with Crippen molar-refractivity contribution in [1.29, 1.82) is 0 Å². The van der Waals surface area contributed by atoms with Gasteiger partial charge in [0.15, 0.2) is 0 Å². The minimum atomic E-state index is -0.825. The van der Waals surface area contributed by atoms with Crippen LogP contribution in [0.15, 0.2) is 23.2 Å².